The zero-order valence-corrected chi connectivity index (χ0v) is 13.8. The molecule has 0 spiro atoms. The fraction of sp³-hybridized carbons (Fsp3) is 0.471. The number of carbonyl (C=O) groups is 3. The van der Waals surface area contributed by atoms with Gasteiger partial charge in [0, 0.05) is 12.3 Å². The van der Waals surface area contributed by atoms with E-state index in [1.54, 1.807) is 0 Å². The van der Waals surface area contributed by atoms with Crippen LogP contribution in [0.25, 0.3) is 0 Å². The summed E-state index contributed by atoms with van der Waals surface area (Å²) in [4.78, 5) is 36.5. The number of nitrogens with one attached hydrogen (secondary N) is 1. The lowest BCUT2D eigenvalue weighted by atomic mass is 9.95. The van der Waals surface area contributed by atoms with Crippen molar-refractivity contribution in [1.29, 1.82) is 0 Å². The average molecular weight is 351 g/mol. The third-order valence-corrected chi connectivity index (χ3v) is 4.31. The van der Waals surface area contributed by atoms with Crippen LogP contribution in [0, 0.1) is 11.7 Å². The molecule has 1 unspecified atom stereocenters. The minimum absolute atomic E-state index is 0.0852. The molecule has 25 heavy (non-hydrogen) atoms. The van der Waals surface area contributed by atoms with Crippen molar-refractivity contribution in [3.63, 3.8) is 0 Å². The van der Waals surface area contributed by atoms with E-state index >= 15 is 0 Å². The number of nitrogens with two attached hydrogens (primary N) is 1. The number of carboxylic acids is 1. The van der Waals surface area contributed by atoms with E-state index in [0.29, 0.717) is 31.5 Å². The van der Waals surface area contributed by atoms with Gasteiger partial charge in [-0.05, 0) is 43.6 Å². The van der Waals surface area contributed by atoms with Gasteiger partial charge in [0.15, 0.2) is 0 Å². The van der Waals surface area contributed by atoms with Gasteiger partial charge < -0.3 is 16.2 Å². The number of aliphatic carboxylic acids is 1. The molecule has 1 aliphatic heterocycles. The molecule has 1 saturated heterocycles. The van der Waals surface area contributed by atoms with E-state index in [-0.39, 0.29) is 24.8 Å². The van der Waals surface area contributed by atoms with E-state index < -0.39 is 23.7 Å². The van der Waals surface area contributed by atoms with Crippen molar-refractivity contribution in [3.05, 3.63) is 35.6 Å². The van der Waals surface area contributed by atoms with Crippen LogP contribution >= 0.6 is 0 Å². The first-order valence-electron chi connectivity index (χ1n) is 8.13. The maximum Gasteiger partial charge on any atom is 0.326 e. The van der Waals surface area contributed by atoms with Crippen molar-refractivity contribution in [2.24, 2.45) is 11.7 Å². The highest BCUT2D eigenvalue weighted by Gasteiger charge is 2.29. The van der Waals surface area contributed by atoms with Crippen LogP contribution in [0.15, 0.2) is 24.3 Å². The molecular weight excluding hydrogens is 329 g/mol. The molecule has 1 fully saturated rings. The Morgan fingerprint density at radius 3 is 2.36 bits per heavy atom. The number of likely N-dealkylation sites (tertiary alicyclic amines) is 1. The molecule has 0 radical (unpaired) electrons. The zero-order valence-electron chi connectivity index (χ0n) is 13.8. The molecule has 8 heteroatoms. The van der Waals surface area contributed by atoms with Gasteiger partial charge in [-0.1, -0.05) is 12.1 Å². The second kappa shape index (κ2) is 8.57. The maximum atomic E-state index is 12.9. The summed E-state index contributed by atoms with van der Waals surface area (Å²) in [7, 11) is 0. The molecule has 2 amide bonds. The van der Waals surface area contributed by atoms with E-state index in [1.165, 1.54) is 24.3 Å². The molecule has 1 aliphatic rings. The summed E-state index contributed by atoms with van der Waals surface area (Å²) in [6, 6.07) is 4.44. The summed E-state index contributed by atoms with van der Waals surface area (Å²) in [6.45, 7) is 1.30. The normalized spacial score (nSPS) is 17.0. The van der Waals surface area contributed by atoms with E-state index in [0.717, 1.165) is 0 Å². The highest BCUT2D eigenvalue weighted by molar-refractivity contribution is 5.85. The molecule has 0 aromatic heterocycles. The highest BCUT2D eigenvalue weighted by atomic mass is 19.1. The van der Waals surface area contributed by atoms with Gasteiger partial charge in [-0.15, -0.1) is 0 Å². The third kappa shape index (κ3) is 5.82. The average Bonchev–Trinajstić information content (AvgIpc) is 2.56. The SMILES string of the molecule is NC(=O)CN1CCC(C(=O)NC(Cc2ccc(F)cc2)C(=O)O)CC1. The van der Waals surface area contributed by atoms with Crippen LogP contribution in [0.1, 0.15) is 18.4 Å². The number of rotatable bonds is 7. The second-order valence-electron chi connectivity index (χ2n) is 6.25. The lowest BCUT2D eigenvalue weighted by molar-refractivity contribution is -0.142. The Morgan fingerprint density at radius 2 is 1.84 bits per heavy atom. The predicted octanol–water partition coefficient (Wildman–Crippen LogP) is 0.135. The molecule has 0 bridgehead atoms. The molecule has 4 N–H and O–H groups in total. The Labute approximate surface area is 145 Å². The Hall–Kier alpha value is -2.48. The lowest BCUT2D eigenvalue weighted by Crippen LogP contribution is -2.48. The van der Waals surface area contributed by atoms with Gasteiger partial charge in [0.05, 0.1) is 6.54 Å². The monoisotopic (exact) mass is 351 g/mol. The lowest BCUT2D eigenvalue weighted by Gasteiger charge is -2.30. The molecule has 7 nitrogen and oxygen atoms in total. The van der Waals surface area contributed by atoms with Crippen molar-refractivity contribution < 1.29 is 23.9 Å². The van der Waals surface area contributed by atoms with Crippen LogP contribution in [0.5, 0.6) is 0 Å². The topological polar surface area (TPSA) is 113 Å². The van der Waals surface area contributed by atoms with Gasteiger partial charge in [-0.3, -0.25) is 14.5 Å². The number of carbonyl (C=O) groups excluding carboxylic acids is 2. The van der Waals surface area contributed by atoms with Crippen molar-refractivity contribution >= 4 is 17.8 Å². The number of carboxylic acid groups (broad SMARTS) is 1. The quantitative estimate of drug-likeness (QED) is 0.647. The number of halogens is 1. The van der Waals surface area contributed by atoms with E-state index in [4.69, 9.17) is 5.73 Å². The standard InChI is InChI=1S/C17H22FN3O4/c18-13-3-1-11(2-4-13)9-14(17(24)25)20-16(23)12-5-7-21(8-6-12)10-15(19)22/h1-4,12,14H,5-10H2,(H2,19,22)(H,20,23)(H,24,25). The van der Waals surface area contributed by atoms with Crippen molar-refractivity contribution in [1.82, 2.24) is 10.2 Å². The number of nitrogens with zero attached hydrogens (tertiary/aromatic N) is 1. The third-order valence-electron chi connectivity index (χ3n) is 4.31. The molecule has 1 aromatic carbocycles. The molecule has 1 heterocycles. The van der Waals surface area contributed by atoms with Crippen LogP contribution in [-0.2, 0) is 20.8 Å². The summed E-state index contributed by atoms with van der Waals surface area (Å²) < 4.78 is 12.9. The van der Waals surface area contributed by atoms with E-state index in [2.05, 4.69) is 5.32 Å². The van der Waals surface area contributed by atoms with Crippen LogP contribution in [-0.4, -0.2) is 53.5 Å². The van der Waals surface area contributed by atoms with E-state index in [9.17, 15) is 23.9 Å². The van der Waals surface area contributed by atoms with E-state index in [1.807, 2.05) is 4.90 Å². The minimum Gasteiger partial charge on any atom is -0.480 e. The smallest absolute Gasteiger partial charge is 0.326 e. The Bertz CT molecular complexity index is 627. The molecule has 2 rings (SSSR count). The van der Waals surface area contributed by atoms with Gasteiger partial charge in [-0.25, -0.2) is 9.18 Å². The predicted molar refractivity (Wildman–Crippen MR) is 88.0 cm³/mol. The molecule has 136 valence electrons. The van der Waals surface area contributed by atoms with Gasteiger partial charge in [0.1, 0.15) is 11.9 Å². The van der Waals surface area contributed by atoms with Gasteiger partial charge >= 0.3 is 5.97 Å². The summed E-state index contributed by atoms with van der Waals surface area (Å²) in [5.74, 6) is -2.55. The van der Waals surface area contributed by atoms with Gasteiger partial charge in [0.2, 0.25) is 11.8 Å². The Kier molecular flexibility index (Phi) is 6.46. The first kappa shape index (κ1) is 18.9. The van der Waals surface area contributed by atoms with Crippen LogP contribution in [0.3, 0.4) is 0 Å². The van der Waals surface area contributed by atoms with Crippen LogP contribution in [0.2, 0.25) is 0 Å². The van der Waals surface area contributed by atoms with Crippen LogP contribution < -0.4 is 11.1 Å². The number of amides is 2. The summed E-state index contributed by atoms with van der Waals surface area (Å²) in [5.41, 5.74) is 5.78. The second-order valence-corrected chi connectivity index (χ2v) is 6.25. The number of hydrogen-bond donors (Lipinski definition) is 3. The molecule has 0 aliphatic carbocycles. The first-order valence-corrected chi connectivity index (χ1v) is 8.13. The van der Waals surface area contributed by atoms with Crippen molar-refractivity contribution in [2.45, 2.75) is 25.3 Å². The fourth-order valence-electron chi connectivity index (χ4n) is 2.92. The summed E-state index contributed by atoms with van der Waals surface area (Å²) >= 11 is 0. The molecule has 0 saturated carbocycles. The number of primary amides is 1. The molecule has 1 atom stereocenters. The number of benzene rings is 1. The van der Waals surface area contributed by atoms with Gasteiger partial charge in [-0.2, -0.15) is 0 Å². The summed E-state index contributed by atoms with van der Waals surface area (Å²) in [6.07, 6.45) is 1.17. The molecule has 1 aromatic rings. The minimum atomic E-state index is -1.14. The first-order chi connectivity index (χ1) is 11.8. The summed E-state index contributed by atoms with van der Waals surface area (Å²) in [5, 5.41) is 11.9. The Balaban J connectivity index is 1.89. The number of piperidine rings is 1. The van der Waals surface area contributed by atoms with Crippen molar-refractivity contribution in [3.8, 4) is 0 Å². The highest BCUT2D eigenvalue weighted by Crippen LogP contribution is 2.17. The zero-order chi connectivity index (χ0) is 18.4. The van der Waals surface area contributed by atoms with Crippen molar-refractivity contribution in [2.75, 3.05) is 19.6 Å². The van der Waals surface area contributed by atoms with Gasteiger partial charge in [0.25, 0.3) is 0 Å². The Morgan fingerprint density at radius 1 is 1.24 bits per heavy atom. The molecular formula is C17H22FN3O4. The largest absolute Gasteiger partial charge is 0.480 e. The fourth-order valence-corrected chi connectivity index (χ4v) is 2.92. The number of hydrogen-bond acceptors (Lipinski definition) is 4. The maximum absolute atomic E-state index is 12.9. The van der Waals surface area contributed by atoms with Crippen LogP contribution in [0.4, 0.5) is 4.39 Å².